The molecular weight excluding hydrogens is 419 g/mol. The number of cyclic esters (lactones) is 2. The van der Waals surface area contributed by atoms with Crippen molar-refractivity contribution in [3.05, 3.63) is 60.4 Å². The van der Waals surface area contributed by atoms with Gasteiger partial charge in [0.05, 0.1) is 24.5 Å². The summed E-state index contributed by atoms with van der Waals surface area (Å²) in [5.74, 6) is -0.0405. The van der Waals surface area contributed by atoms with Gasteiger partial charge in [0.1, 0.15) is 30.6 Å². The van der Waals surface area contributed by atoms with E-state index < -0.39 is 18.0 Å². The Kier molecular flexibility index (Phi) is 5.18. The van der Waals surface area contributed by atoms with Crippen LogP contribution in [0, 0.1) is 5.82 Å². The topological polar surface area (TPSA) is 98.0 Å². The fraction of sp³-hybridized carbons (Fsp3) is 0.273. The van der Waals surface area contributed by atoms with E-state index in [-0.39, 0.29) is 6.10 Å². The summed E-state index contributed by atoms with van der Waals surface area (Å²) in [7, 11) is 0. The van der Waals surface area contributed by atoms with Gasteiger partial charge < -0.3 is 14.0 Å². The number of halogens is 1. The molecular formula is C22H19FN4O5. The molecule has 0 saturated carbocycles. The Bertz CT molecular complexity index is 1140. The van der Waals surface area contributed by atoms with Gasteiger partial charge >= 0.3 is 12.2 Å². The number of hydrogen-bond acceptors (Lipinski definition) is 7. The van der Waals surface area contributed by atoms with Crippen molar-refractivity contribution in [2.45, 2.75) is 18.9 Å². The third-order valence-corrected chi connectivity index (χ3v) is 5.45. The molecule has 3 aromatic rings. The second-order valence-electron chi connectivity index (χ2n) is 7.48. The van der Waals surface area contributed by atoms with Crippen LogP contribution < -0.4 is 9.80 Å². The number of hydrogen-bond donors (Lipinski definition) is 0. The Balaban J connectivity index is 1.28. The standard InChI is InChI=1S/C22H19FN4O5/c23-19-11-16(27-13-17(32-22(27)29)4-2-15-7-9-31-25-15)3-5-18(19)14-1-6-20(24-12-14)26-8-10-30-21(26)28/h1,3,5-7,9,11-12,17H,2,4,8,10,13H2/t17-/m0/s1. The van der Waals surface area contributed by atoms with Gasteiger partial charge in [0.2, 0.25) is 0 Å². The molecule has 2 aliphatic heterocycles. The zero-order valence-electron chi connectivity index (χ0n) is 16.9. The van der Waals surface area contributed by atoms with Gasteiger partial charge in [-0.15, -0.1) is 0 Å². The average molecular weight is 438 g/mol. The molecule has 2 fully saturated rings. The molecule has 2 aliphatic rings. The van der Waals surface area contributed by atoms with Crippen LogP contribution in [-0.4, -0.2) is 48.1 Å². The number of ether oxygens (including phenoxy) is 2. The molecule has 0 bridgehead atoms. The highest BCUT2D eigenvalue weighted by Gasteiger charge is 2.32. The second kappa shape index (κ2) is 8.29. The minimum Gasteiger partial charge on any atom is -0.447 e. The molecule has 9 nitrogen and oxygen atoms in total. The highest BCUT2D eigenvalue weighted by Crippen LogP contribution is 2.30. The highest BCUT2D eigenvalue weighted by atomic mass is 19.1. The van der Waals surface area contributed by atoms with Crippen molar-refractivity contribution < 1.29 is 28.0 Å². The van der Waals surface area contributed by atoms with Gasteiger partial charge in [-0.1, -0.05) is 5.16 Å². The molecule has 32 heavy (non-hydrogen) atoms. The number of aryl methyl sites for hydroxylation is 1. The lowest BCUT2D eigenvalue weighted by molar-refractivity contribution is 0.136. The molecule has 2 aromatic heterocycles. The Morgan fingerprint density at radius 1 is 1.09 bits per heavy atom. The van der Waals surface area contributed by atoms with Crippen molar-refractivity contribution in [1.82, 2.24) is 10.1 Å². The van der Waals surface area contributed by atoms with Crippen LogP contribution in [0.4, 0.5) is 25.5 Å². The van der Waals surface area contributed by atoms with Gasteiger partial charge in [-0.05, 0) is 43.2 Å². The number of nitrogens with zero attached hydrogens (tertiary/aromatic N) is 4. The van der Waals surface area contributed by atoms with Gasteiger partial charge in [0.25, 0.3) is 0 Å². The van der Waals surface area contributed by atoms with E-state index in [1.54, 1.807) is 30.3 Å². The highest BCUT2D eigenvalue weighted by molar-refractivity contribution is 5.90. The Labute approximate surface area is 182 Å². The number of benzene rings is 1. The molecule has 0 N–H and O–H groups in total. The summed E-state index contributed by atoms with van der Waals surface area (Å²) in [6.07, 6.45) is 2.95. The first kappa shape index (κ1) is 20.0. The molecule has 164 valence electrons. The molecule has 1 aromatic carbocycles. The van der Waals surface area contributed by atoms with Crippen molar-refractivity contribution >= 4 is 23.7 Å². The average Bonchev–Trinajstić information content (AvgIpc) is 3.54. The number of carbonyl (C=O) groups is 2. The zero-order chi connectivity index (χ0) is 22.1. The largest absolute Gasteiger partial charge is 0.447 e. The molecule has 2 amide bonds. The lowest BCUT2D eigenvalue weighted by atomic mass is 10.1. The Morgan fingerprint density at radius 2 is 2.00 bits per heavy atom. The van der Waals surface area contributed by atoms with E-state index in [0.717, 1.165) is 5.69 Å². The first-order valence-electron chi connectivity index (χ1n) is 10.2. The van der Waals surface area contributed by atoms with E-state index >= 15 is 0 Å². The first-order valence-corrected chi connectivity index (χ1v) is 10.2. The lowest BCUT2D eigenvalue weighted by Crippen LogP contribution is -2.24. The van der Waals surface area contributed by atoms with E-state index in [0.29, 0.717) is 55.2 Å². The van der Waals surface area contributed by atoms with Crippen LogP contribution in [0.2, 0.25) is 0 Å². The van der Waals surface area contributed by atoms with E-state index in [9.17, 15) is 14.0 Å². The van der Waals surface area contributed by atoms with Gasteiger partial charge in [-0.2, -0.15) is 0 Å². The molecule has 0 radical (unpaired) electrons. The van der Waals surface area contributed by atoms with Crippen LogP contribution in [-0.2, 0) is 15.9 Å². The lowest BCUT2D eigenvalue weighted by Gasteiger charge is -2.15. The summed E-state index contributed by atoms with van der Waals surface area (Å²) < 4.78 is 30.0. The van der Waals surface area contributed by atoms with Gasteiger partial charge in [-0.25, -0.2) is 19.0 Å². The van der Waals surface area contributed by atoms with Crippen molar-refractivity contribution in [2.75, 3.05) is 29.5 Å². The minimum absolute atomic E-state index is 0.309. The van der Waals surface area contributed by atoms with E-state index in [1.165, 1.54) is 28.3 Å². The fourth-order valence-corrected chi connectivity index (χ4v) is 3.77. The van der Waals surface area contributed by atoms with Crippen LogP contribution >= 0.6 is 0 Å². The van der Waals surface area contributed by atoms with Crippen LogP contribution in [0.3, 0.4) is 0 Å². The Morgan fingerprint density at radius 3 is 2.69 bits per heavy atom. The summed E-state index contributed by atoms with van der Waals surface area (Å²) in [6, 6.07) is 9.68. The van der Waals surface area contributed by atoms with E-state index in [4.69, 9.17) is 14.0 Å². The molecule has 0 unspecified atom stereocenters. The maximum absolute atomic E-state index is 14.9. The fourth-order valence-electron chi connectivity index (χ4n) is 3.77. The summed E-state index contributed by atoms with van der Waals surface area (Å²) >= 11 is 0. The third-order valence-electron chi connectivity index (χ3n) is 5.45. The summed E-state index contributed by atoms with van der Waals surface area (Å²) in [5.41, 5.74) is 2.10. The number of pyridine rings is 1. The van der Waals surface area contributed by atoms with Crippen molar-refractivity contribution in [3.8, 4) is 11.1 Å². The predicted molar refractivity (Wildman–Crippen MR) is 111 cm³/mol. The number of carbonyl (C=O) groups excluding carboxylic acids is 2. The molecule has 4 heterocycles. The SMILES string of the molecule is O=C1O[C@@H](CCc2ccon2)CN1c1ccc(-c2ccc(N3CCOC3=O)nc2)c(F)c1. The molecule has 5 rings (SSSR count). The monoisotopic (exact) mass is 438 g/mol. The first-order chi connectivity index (χ1) is 15.6. The Hall–Kier alpha value is -3.95. The van der Waals surface area contributed by atoms with Gasteiger partial charge in [0.15, 0.2) is 0 Å². The van der Waals surface area contributed by atoms with Crippen LogP contribution in [0.25, 0.3) is 11.1 Å². The van der Waals surface area contributed by atoms with Gasteiger partial charge in [0, 0.05) is 23.4 Å². The number of rotatable bonds is 6. The van der Waals surface area contributed by atoms with Crippen LogP contribution in [0.1, 0.15) is 12.1 Å². The normalized spacial score (nSPS) is 18.2. The molecule has 0 spiro atoms. The predicted octanol–water partition coefficient (Wildman–Crippen LogP) is 3.79. The van der Waals surface area contributed by atoms with Crippen LogP contribution in [0.5, 0.6) is 0 Å². The van der Waals surface area contributed by atoms with Crippen molar-refractivity contribution in [3.63, 3.8) is 0 Å². The van der Waals surface area contributed by atoms with E-state index in [2.05, 4.69) is 10.1 Å². The second-order valence-corrected chi connectivity index (χ2v) is 7.48. The smallest absolute Gasteiger partial charge is 0.415 e. The molecule has 0 aliphatic carbocycles. The number of aromatic nitrogens is 2. The molecule has 2 saturated heterocycles. The maximum Gasteiger partial charge on any atom is 0.415 e. The number of amides is 2. The summed E-state index contributed by atoms with van der Waals surface area (Å²) in [5, 5.41) is 3.85. The van der Waals surface area contributed by atoms with Crippen molar-refractivity contribution in [2.24, 2.45) is 0 Å². The van der Waals surface area contributed by atoms with Gasteiger partial charge in [-0.3, -0.25) is 9.80 Å². The maximum atomic E-state index is 14.9. The third kappa shape index (κ3) is 3.86. The number of anilines is 2. The summed E-state index contributed by atoms with van der Waals surface area (Å²) in [4.78, 5) is 31.0. The quantitative estimate of drug-likeness (QED) is 0.577. The molecule has 10 heteroatoms. The van der Waals surface area contributed by atoms with Crippen molar-refractivity contribution in [1.29, 1.82) is 0 Å². The molecule has 1 atom stereocenters. The summed E-state index contributed by atoms with van der Waals surface area (Å²) in [6.45, 7) is 1.08. The van der Waals surface area contributed by atoms with E-state index in [1.807, 2.05) is 0 Å². The minimum atomic E-state index is -0.508. The van der Waals surface area contributed by atoms with Crippen LogP contribution in [0.15, 0.2) is 53.4 Å². The zero-order valence-corrected chi connectivity index (χ0v) is 16.9.